The van der Waals surface area contributed by atoms with Crippen molar-refractivity contribution in [3.05, 3.63) is 11.8 Å². The van der Waals surface area contributed by atoms with E-state index in [2.05, 4.69) is 10.00 Å². The molecule has 1 fully saturated rings. The Morgan fingerprint density at radius 1 is 1.50 bits per heavy atom. The molecule has 3 heterocycles. The van der Waals surface area contributed by atoms with E-state index in [1.165, 1.54) is 19.5 Å². The summed E-state index contributed by atoms with van der Waals surface area (Å²) < 4.78 is 7.71. The number of hydrogen-bond donors (Lipinski definition) is 0. The fourth-order valence-electron chi connectivity index (χ4n) is 2.14. The van der Waals surface area contributed by atoms with E-state index in [4.69, 9.17) is 4.74 Å². The highest BCUT2D eigenvalue weighted by molar-refractivity contribution is 5.23. The van der Waals surface area contributed by atoms with Gasteiger partial charge in [-0.25, -0.2) is 4.68 Å². The Morgan fingerprint density at radius 3 is 3.07 bits per heavy atom. The lowest BCUT2D eigenvalue weighted by Crippen LogP contribution is -2.51. The number of hydrogen-bond acceptors (Lipinski definition) is 3. The standard InChI is InChI=1S/C10H15N3O/c1-8-5-11-13-6-9(7-14-10(8)13)12-3-2-4-12/h5,9H,2-4,6-7H2,1H3. The molecule has 1 unspecified atom stereocenters. The first kappa shape index (κ1) is 8.29. The quantitative estimate of drug-likeness (QED) is 0.656. The van der Waals surface area contributed by atoms with Gasteiger partial charge >= 0.3 is 0 Å². The molecule has 4 heteroatoms. The van der Waals surface area contributed by atoms with Crippen molar-refractivity contribution < 1.29 is 4.74 Å². The number of likely N-dealkylation sites (tertiary alicyclic amines) is 1. The number of fused-ring (bicyclic) bond motifs is 1. The number of aryl methyl sites for hydroxylation is 1. The van der Waals surface area contributed by atoms with Gasteiger partial charge in [0.1, 0.15) is 6.61 Å². The highest BCUT2D eigenvalue weighted by Crippen LogP contribution is 2.24. The van der Waals surface area contributed by atoms with Crippen LogP contribution in [0.1, 0.15) is 12.0 Å². The Labute approximate surface area is 83.5 Å². The average molecular weight is 193 g/mol. The van der Waals surface area contributed by atoms with Gasteiger partial charge in [0, 0.05) is 5.56 Å². The van der Waals surface area contributed by atoms with Gasteiger partial charge in [-0.2, -0.15) is 5.10 Å². The van der Waals surface area contributed by atoms with E-state index in [1.807, 2.05) is 17.8 Å². The fraction of sp³-hybridized carbons (Fsp3) is 0.700. The van der Waals surface area contributed by atoms with Crippen LogP contribution in [0.15, 0.2) is 6.20 Å². The second-order valence-corrected chi connectivity index (χ2v) is 4.17. The second kappa shape index (κ2) is 2.98. The molecular weight excluding hydrogens is 178 g/mol. The molecule has 1 atom stereocenters. The first-order valence-electron chi connectivity index (χ1n) is 5.24. The minimum atomic E-state index is 0.538. The Hall–Kier alpha value is -1.03. The zero-order valence-electron chi connectivity index (χ0n) is 8.44. The van der Waals surface area contributed by atoms with Gasteiger partial charge in [0.2, 0.25) is 5.88 Å². The van der Waals surface area contributed by atoms with Crippen LogP contribution in [-0.4, -0.2) is 40.4 Å². The maximum atomic E-state index is 5.72. The van der Waals surface area contributed by atoms with E-state index < -0.39 is 0 Å². The Bertz CT molecular complexity index is 343. The van der Waals surface area contributed by atoms with Gasteiger partial charge in [-0.3, -0.25) is 4.90 Å². The van der Waals surface area contributed by atoms with Crippen LogP contribution in [0.2, 0.25) is 0 Å². The molecule has 0 aliphatic carbocycles. The average Bonchev–Trinajstić information content (AvgIpc) is 2.45. The number of nitrogens with zero attached hydrogens (tertiary/aromatic N) is 3. The van der Waals surface area contributed by atoms with Gasteiger partial charge in [0.15, 0.2) is 0 Å². The lowest BCUT2D eigenvalue weighted by atomic mass is 10.1. The number of rotatable bonds is 1. The van der Waals surface area contributed by atoms with Crippen LogP contribution in [0, 0.1) is 6.92 Å². The van der Waals surface area contributed by atoms with Crippen molar-refractivity contribution in [2.45, 2.75) is 25.9 Å². The second-order valence-electron chi connectivity index (χ2n) is 4.17. The molecule has 0 aromatic carbocycles. The molecule has 0 radical (unpaired) electrons. The van der Waals surface area contributed by atoms with Gasteiger partial charge in [-0.05, 0) is 26.4 Å². The third kappa shape index (κ3) is 1.14. The zero-order valence-corrected chi connectivity index (χ0v) is 8.44. The molecule has 0 bridgehead atoms. The van der Waals surface area contributed by atoms with Crippen LogP contribution in [0.25, 0.3) is 0 Å². The van der Waals surface area contributed by atoms with Crippen molar-refractivity contribution in [3.63, 3.8) is 0 Å². The topological polar surface area (TPSA) is 30.3 Å². The molecule has 0 spiro atoms. The largest absolute Gasteiger partial charge is 0.476 e. The summed E-state index contributed by atoms with van der Waals surface area (Å²) >= 11 is 0. The summed E-state index contributed by atoms with van der Waals surface area (Å²) in [6, 6.07) is 0.538. The minimum Gasteiger partial charge on any atom is -0.476 e. The predicted octanol–water partition coefficient (Wildman–Crippen LogP) is 0.658. The van der Waals surface area contributed by atoms with Crippen LogP contribution in [0.4, 0.5) is 0 Å². The van der Waals surface area contributed by atoms with Gasteiger partial charge in [0.25, 0.3) is 0 Å². The molecule has 1 saturated heterocycles. The van der Waals surface area contributed by atoms with Crippen LogP contribution in [0.5, 0.6) is 5.88 Å². The summed E-state index contributed by atoms with van der Waals surface area (Å²) in [5, 5.41) is 4.31. The van der Waals surface area contributed by atoms with E-state index in [0.717, 1.165) is 24.6 Å². The van der Waals surface area contributed by atoms with Crippen LogP contribution in [0.3, 0.4) is 0 Å². The summed E-state index contributed by atoms with van der Waals surface area (Å²) in [7, 11) is 0. The third-order valence-electron chi connectivity index (χ3n) is 3.17. The molecule has 2 aliphatic heterocycles. The van der Waals surface area contributed by atoms with Crippen molar-refractivity contribution >= 4 is 0 Å². The summed E-state index contributed by atoms with van der Waals surface area (Å²) in [5.41, 5.74) is 1.15. The summed E-state index contributed by atoms with van der Waals surface area (Å²) in [4.78, 5) is 2.47. The maximum Gasteiger partial charge on any atom is 0.214 e. The summed E-state index contributed by atoms with van der Waals surface area (Å²) in [6.07, 6.45) is 3.22. The Kier molecular flexibility index (Phi) is 1.77. The molecule has 0 N–H and O–H groups in total. The SMILES string of the molecule is Cc1cnn2c1OCC(N1CCC1)C2. The first-order valence-corrected chi connectivity index (χ1v) is 5.24. The van der Waals surface area contributed by atoms with Crippen LogP contribution >= 0.6 is 0 Å². The molecule has 0 amide bonds. The third-order valence-corrected chi connectivity index (χ3v) is 3.17. The Morgan fingerprint density at radius 2 is 2.36 bits per heavy atom. The summed E-state index contributed by atoms with van der Waals surface area (Å²) in [5.74, 6) is 0.960. The molecule has 2 aliphatic rings. The highest BCUT2D eigenvalue weighted by atomic mass is 16.5. The number of aromatic nitrogens is 2. The van der Waals surface area contributed by atoms with Gasteiger partial charge in [-0.1, -0.05) is 0 Å². The van der Waals surface area contributed by atoms with E-state index in [0.29, 0.717) is 6.04 Å². The van der Waals surface area contributed by atoms with Crippen molar-refractivity contribution in [1.29, 1.82) is 0 Å². The zero-order chi connectivity index (χ0) is 9.54. The normalized spacial score (nSPS) is 26.5. The smallest absolute Gasteiger partial charge is 0.214 e. The minimum absolute atomic E-state index is 0.538. The molecular formula is C10H15N3O. The molecule has 1 aromatic rings. The van der Waals surface area contributed by atoms with E-state index in [1.54, 1.807) is 0 Å². The van der Waals surface area contributed by atoms with Crippen molar-refractivity contribution in [3.8, 4) is 5.88 Å². The van der Waals surface area contributed by atoms with E-state index in [9.17, 15) is 0 Å². The Balaban J connectivity index is 1.79. The van der Waals surface area contributed by atoms with Crippen molar-refractivity contribution in [1.82, 2.24) is 14.7 Å². The molecule has 3 rings (SSSR count). The number of ether oxygens (including phenoxy) is 1. The first-order chi connectivity index (χ1) is 6.84. The van der Waals surface area contributed by atoms with Crippen molar-refractivity contribution in [2.75, 3.05) is 19.7 Å². The monoisotopic (exact) mass is 193 g/mol. The van der Waals surface area contributed by atoms with E-state index in [-0.39, 0.29) is 0 Å². The molecule has 14 heavy (non-hydrogen) atoms. The lowest BCUT2D eigenvalue weighted by molar-refractivity contribution is 0.0428. The van der Waals surface area contributed by atoms with Gasteiger partial charge < -0.3 is 4.74 Å². The lowest BCUT2D eigenvalue weighted by Gasteiger charge is -2.40. The molecule has 0 saturated carbocycles. The maximum absolute atomic E-state index is 5.72. The summed E-state index contributed by atoms with van der Waals surface area (Å²) in [6.45, 7) is 6.31. The van der Waals surface area contributed by atoms with E-state index >= 15 is 0 Å². The molecule has 1 aromatic heterocycles. The van der Waals surface area contributed by atoms with Crippen LogP contribution in [-0.2, 0) is 6.54 Å². The van der Waals surface area contributed by atoms with Gasteiger partial charge in [0.05, 0.1) is 18.8 Å². The molecule has 76 valence electrons. The van der Waals surface area contributed by atoms with Crippen molar-refractivity contribution in [2.24, 2.45) is 0 Å². The predicted molar refractivity (Wildman–Crippen MR) is 52.4 cm³/mol. The van der Waals surface area contributed by atoms with Crippen LogP contribution < -0.4 is 4.74 Å². The molecule has 4 nitrogen and oxygen atoms in total. The highest BCUT2D eigenvalue weighted by Gasteiger charge is 2.29. The van der Waals surface area contributed by atoms with Gasteiger partial charge in [-0.15, -0.1) is 0 Å². The fourth-order valence-corrected chi connectivity index (χ4v) is 2.14.